The van der Waals surface area contributed by atoms with Gasteiger partial charge in [0.05, 0.1) is 12.5 Å². The molecule has 5 heterocycles. The molecule has 0 radical (unpaired) electrons. The van der Waals surface area contributed by atoms with Gasteiger partial charge in [-0.3, -0.25) is 9.20 Å². The number of likely N-dealkylation sites (tertiary alicyclic amines) is 1. The fraction of sp³-hybridized carbons (Fsp3) is 0.316. The van der Waals surface area contributed by atoms with Crippen molar-refractivity contribution in [2.24, 2.45) is 0 Å². The summed E-state index contributed by atoms with van der Waals surface area (Å²) in [6.07, 6.45) is 10.4. The molecule has 1 atom stereocenters. The molecule has 0 bridgehead atoms. The van der Waals surface area contributed by atoms with Crippen LogP contribution in [0.3, 0.4) is 0 Å². The van der Waals surface area contributed by atoms with Crippen LogP contribution < -0.4 is 10.1 Å². The number of hydrogen-bond donors (Lipinski definition) is 2. The second-order valence-corrected chi connectivity index (χ2v) is 7.11. The molecule has 1 aliphatic rings. The minimum atomic E-state index is 0.0992. The number of imidazole rings is 1. The first kappa shape index (κ1) is 17.4. The number of amides is 1. The van der Waals surface area contributed by atoms with E-state index in [0.29, 0.717) is 36.2 Å². The molecule has 1 aliphatic heterocycles. The number of methoxy groups -OCH3 is 1. The first-order valence-electron chi connectivity index (χ1n) is 9.35. The standard InChI is InChI=1S/C19H20N8O2/c1-26-10-12(3-4-14(26)28)23-18-24-16-15(17(25-18)29-2)13(8-21-16)11-7-22-19-20-5-6-27(19)9-11/h5-9,12H,3-4,10H2,1-2H3,(H2,21,23,24,25)/t12-/m1/s1. The minimum absolute atomic E-state index is 0.0992. The van der Waals surface area contributed by atoms with Gasteiger partial charge in [-0.25, -0.2) is 9.97 Å². The third-order valence-electron chi connectivity index (χ3n) is 5.21. The van der Waals surface area contributed by atoms with Crippen LogP contribution in [0.25, 0.3) is 27.9 Å². The van der Waals surface area contributed by atoms with Crippen molar-refractivity contribution < 1.29 is 9.53 Å². The summed E-state index contributed by atoms with van der Waals surface area (Å²) in [6.45, 7) is 0.620. The number of likely N-dealkylation sites (N-methyl/N-ethyl adjacent to an activating group) is 1. The molecule has 1 saturated heterocycles. The zero-order valence-electron chi connectivity index (χ0n) is 16.1. The van der Waals surface area contributed by atoms with Gasteiger partial charge in [-0.05, 0) is 6.42 Å². The van der Waals surface area contributed by atoms with Crippen LogP contribution in [0.15, 0.2) is 31.0 Å². The Morgan fingerprint density at radius 2 is 2.21 bits per heavy atom. The van der Waals surface area contributed by atoms with Gasteiger partial charge in [0.1, 0.15) is 5.65 Å². The lowest BCUT2D eigenvalue weighted by Gasteiger charge is -2.30. The summed E-state index contributed by atoms with van der Waals surface area (Å²) in [6, 6.07) is 0.0992. The van der Waals surface area contributed by atoms with E-state index in [2.05, 4.69) is 30.2 Å². The van der Waals surface area contributed by atoms with Crippen molar-refractivity contribution in [3.05, 3.63) is 31.0 Å². The molecule has 0 aromatic carbocycles. The molecule has 1 amide bonds. The molecule has 4 aromatic heterocycles. The number of nitrogens with one attached hydrogen (secondary N) is 2. The van der Waals surface area contributed by atoms with E-state index in [-0.39, 0.29) is 11.9 Å². The predicted molar refractivity (Wildman–Crippen MR) is 107 cm³/mol. The van der Waals surface area contributed by atoms with Crippen LogP contribution in [-0.2, 0) is 4.79 Å². The maximum Gasteiger partial charge on any atom is 0.233 e. The topological polar surface area (TPSA) is 113 Å². The number of H-pyrrole nitrogens is 1. The van der Waals surface area contributed by atoms with Gasteiger partial charge in [0.15, 0.2) is 0 Å². The number of anilines is 1. The lowest BCUT2D eigenvalue weighted by molar-refractivity contribution is -0.132. The molecule has 0 aliphatic carbocycles. The highest BCUT2D eigenvalue weighted by Gasteiger charge is 2.24. The number of nitrogens with zero attached hydrogens (tertiary/aromatic N) is 6. The Morgan fingerprint density at radius 1 is 1.31 bits per heavy atom. The minimum Gasteiger partial charge on any atom is -0.480 e. The van der Waals surface area contributed by atoms with Gasteiger partial charge in [-0.15, -0.1) is 0 Å². The SMILES string of the molecule is COc1nc(N[C@@H]2CCC(=O)N(C)C2)nc2[nH]cc(-c3cnc4nccn4c3)c12. The maximum absolute atomic E-state index is 11.7. The number of rotatable bonds is 4. The first-order valence-corrected chi connectivity index (χ1v) is 9.35. The van der Waals surface area contributed by atoms with E-state index in [9.17, 15) is 4.79 Å². The molecule has 10 heteroatoms. The summed E-state index contributed by atoms with van der Waals surface area (Å²) in [5.41, 5.74) is 2.46. The van der Waals surface area contributed by atoms with Crippen LogP contribution in [0.2, 0.25) is 0 Å². The molecule has 0 spiro atoms. The Kier molecular flexibility index (Phi) is 4.04. The summed E-state index contributed by atoms with van der Waals surface area (Å²) in [5, 5.41) is 4.11. The zero-order valence-corrected chi connectivity index (χ0v) is 16.1. The van der Waals surface area contributed by atoms with Crippen molar-refractivity contribution in [2.45, 2.75) is 18.9 Å². The molecule has 2 N–H and O–H groups in total. The Balaban J connectivity index is 1.51. The summed E-state index contributed by atoms with van der Waals surface area (Å²) in [5.74, 6) is 1.74. The highest BCUT2D eigenvalue weighted by Crippen LogP contribution is 2.34. The van der Waals surface area contributed by atoms with Gasteiger partial charge >= 0.3 is 0 Å². The van der Waals surface area contributed by atoms with E-state index in [4.69, 9.17) is 4.74 Å². The van der Waals surface area contributed by atoms with Crippen molar-refractivity contribution in [2.75, 3.05) is 26.0 Å². The lowest BCUT2D eigenvalue weighted by Crippen LogP contribution is -2.43. The zero-order chi connectivity index (χ0) is 20.0. The average Bonchev–Trinajstić information content (AvgIpc) is 3.36. The van der Waals surface area contributed by atoms with E-state index in [0.717, 1.165) is 22.9 Å². The number of fused-ring (bicyclic) bond motifs is 2. The van der Waals surface area contributed by atoms with Crippen LogP contribution in [0.4, 0.5) is 5.95 Å². The summed E-state index contributed by atoms with van der Waals surface area (Å²) < 4.78 is 7.43. The molecule has 148 valence electrons. The third-order valence-corrected chi connectivity index (χ3v) is 5.21. The fourth-order valence-corrected chi connectivity index (χ4v) is 3.71. The third kappa shape index (κ3) is 3.02. The molecule has 10 nitrogen and oxygen atoms in total. The fourth-order valence-electron chi connectivity index (χ4n) is 3.71. The summed E-state index contributed by atoms with van der Waals surface area (Å²) in [4.78, 5) is 34.4. The van der Waals surface area contributed by atoms with Crippen molar-refractivity contribution in [1.82, 2.24) is 34.2 Å². The van der Waals surface area contributed by atoms with E-state index in [1.807, 2.05) is 30.0 Å². The van der Waals surface area contributed by atoms with Crippen LogP contribution in [-0.4, -0.2) is 66.9 Å². The van der Waals surface area contributed by atoms with Gasteiger partial charge in [-0.1, -0.05) is 0 Å². The Bertz CT molecular complexity index is 1210. The monoisotopic (exact) mass is 392 g/mol. The number of carbonyl (C=O) groups excluding carboxylic acids is 1. The quantitative estimate of drug-likeness (QED) is 0.543. The average molecular weight is 392 g/mol. The van der Waals surface area contributed by atoms with E-state index in [1.54, 1.807) is 24.4 Å². The number of aromatic nitrogens is 6. The predicted octanol–water partition coefficient (Wildman–Crippen LogP) is 1.71. The molecule has 4 aromatic rings. The van der Waals surface area contributed by atoms with Gasteiger partial charge in [0, 0.05) is 68.2 Å². The summed E-state index contributed by atoms with van der Waals surface area (Å²) in [7, 11) is 3.40. The van der Waals surface area contributed by atoms with Crippen molar-refractivity contribution in [3.8, 4) is 17.0 Å². The van der Waals surface area contributed by atoms with Gasteiger partial charge in [-0.2, -0.15) is 9.97 Å². The van der Waals surface area contributed by atoms with Crippen molar-refractivity contribution >= 4 is 28.7 Å². The normalized spacial score (nSPS) is 17.2. The highest BCUT2D eigenvalue weighted by atomic mass is 16.5. The molecule has 1 fully saturated rings. The second kappa shape index (κ2) is 6.73. The Labute approximate surface area is 166 Å². The molecule has 0 unspecified atom stereocenters. The van der Waals surface area contributed by atoms with Crippen LogP contribution in [0.5, 0.6) is 5.88 Å². The number of aromatic amines is 1. The van der Waals surface area contributed by atoms with Crippen molar-refractivity contribution in [3.63, 3.8) is 0 Å². The lowest BCUT2D eigenvalue weighted by atomic mass is 10.1. The van der Waals surface area contributed by atoms with Crippen LogP contribution in [0.1, 0.15) is 12.8 Å². The molecule has 29 heavy (non-hydrogen) atoms. The second-order valence-electron chi connectivity index (χ2n) is 7.11. The number of hydrogen-bond acceptors (Lipinski definition) is 7. The first-order chi connectivity index (χ1) is 14.1. The maximum atomic E-state index is 11.7. The number of ether oxygens (including phenoxy) is 1. The molecular formula is C19H20N8O2. The Morgan fingerprint density at radius 3 is 3.03 bits per heavy atom. The smallest absolute Gasteiger partial charge is 0.233 e. The number of piperidine rings is 1. The summed E-state index contributed by atoms with van der Waals surface area (Å²) >= 11 is 0. The highest BCUT2D eigenvalue weighted by molar-refractivity contribution is 5.97. The van der Waals surface area contributed by atoms with Crippen molar-refractivity contribution in [1.29, 1.82) is 0 Å². The Hall–Kier alpha value is -3.69. The van der Waals surface area contributed by atoms with E-state index < -0.39 is 0 Å². The van der Waals surface area contributed by atoms with Crippen LogP contribution >= 0.6 is 0 Å². The molecule has 5 rings (SSSR count). The van der Waals surface area contributed by atoms with Gasteiger partial charge < -0.3 is 19.9 Å². The molecule has 0 saturated carbocycles. The number of carbonyl (C=O) groups is 1. The molecular weight excluding hydrogens is 372 g/mol. The van der Waals surface area contributed by atoms with E-state index in [1.165, 1.54) is 0 Å². The van der Waals surface area contributed by atoms with Gasteiger partial charge in [0.2, 0.25) is 23.5 Å². The van der Waals surface area contributed by atoms with E-state index >= 15 is 0 Å². The van der Waals surface area contributed by atoms with Gasteiger partial charge in [0.25, 0.3) is 0 Å². The largest absolute Gasteiger partial charge is 0.480 e. The van der Waals surface area contributed by atoms with Crippen LogP contribution in [0, 0.1) is 0 Å².